The van der Waals surface area contributed by atoms with E-state index in [9.17, 15) is 13.2 Å². The third-order valence-electron chi connectivity index (χ3n) is 3.77. The van der Waals surface area contributed by atoms with Crippen molar-refractivity contribution in [2.24, 2.45) is 0 Å². The number of carbonyl (C=O) groups is 1. The van der Waals surface area contributed by atoms with Crippen molar-refractivity contribution in [3.05, 3.63) is 60.2 Å². The number of hydrogen-bond donors (Lipinski definition) is 2. The highest BCUT2D eigenvalue weighted by Gasteiger charge is 2.12. The van der Waals surface area contributed by atoms with Gasteiger partial charge in [0, 0.05) is 32.2 Å². The molecular weight excluding hydrogens is 368 g/mol. The van der Waals surface area contributed by atoms with Crippen LogP contribution in [0.4, 0.5) is 5.69 Å². The molecule has 2 aromatic carbocycles. The Balaban J connectivity index is 1.89. The van der Waals surface area contributed by atoms with Gasteiger partial charge in [-0.1, -0.05) is 30.3 Å². The van der Waals surface area contributed by atoms with Crippen molar-refractivity contribution < 1.29 is 22.5 Å². The summed E-state index contributed by atoms with van der Waals surface area (Å²) in [6, 6.07) is 16.7. The SMILES string of the molecule is CC(=O)Nc1ccc(OCCN(CCS(=O)(=O)O)Cc2ccccc2)cc1. The van der Waals surface area contributed by atoms with Crippen LogP contribution in [0.25, 0.3) is 0 Å². The first kappa shape index (κ1) is 20.9. The van der Waals surface area contributed by atoms with Gasteiger partial charge in [0.2, 0.25) is 5.91 Å². The summed E-state index contributed by atoms with van der Waals surface area (Å²) >= 11 is 0. The van der Waals surface area contributed by atoms with Crippen LogP contribution in [0.3, 0.4) is 0 Å². The van der Waals surface area contributed by atoms with Crippen LogP contribution in [0.1, 0.15) is 12.5 Å². The molecule has 0 radical (unpaired) electrons. The number of anilines is 1. The van der Waals surface area contributed by atoms with Crippen LogP contribution in [0, 0.1) is 0 Å². The molecule has 0 fully saturated rings. The molecule has 0 aliphatic heterocycles. The average molecular weight is 392 g/mol. The molecule has 0 bridgehead atoms. The van der Waals surface area contributed by atoms with Crippen molar-refractivity contribution in [1.82, 2.24) is 4.90 Å². The maximum atomic E-state index is 11.1. The number of amides is 1. The number of ether oxygens (including phenoxy) is 1. The standard InChI is InChI=1S/C19H24N2O5S/c1-16(22)20-18-7-9-19(10-8-18)26-13-11-21(12-14-27(23,24)25)15-17-5-3-2-4-6-17/h2-10H,11-15H2,1H3,(H,20,22)(H,23,24,25). The summed E-state index contributed by atoms with van der Waals surface area (Å²) in [6.45, 7) is 3.06. The third-order valence-corrected chi connectivity index (χ3v) is 4.46. The van der Waals surface area contributed by atoms with Crippen LogP contribution in [0.15, 0.2) is 54.6 Å². The summed E-state index contributed by atoms with van der Waals surface area (Å²) in [5.41, 5.74) is 1.74. The van der Waals surface area contributed by atoms with Gasteiger partial charge in [-0.15, -0.1) is 0 Å². The Kier molecular flexibility index (Phi) is 7.78. The fraction of sp³-hybridized carbons (Fsp3) is 0.316. The van der Waals surface area contributed by atoms with Gasteiger partial charge in [-0.3, -0.25) is 14.2 Å². The van der Waals surface area contributed by atoms with Crippen molar-refractivity contribution in [3.8, 4) is 5.75 Å². The largest absolute Gasteiger partial charge is 0.492 e. The van der Waals surface area contributed by atoms with Crippen LogP contribution in [-0.2, 0) is 21.5 Å². The van der Waals surface area contributed by atoms with Gasteiger partial charge in [0.05, 0.1) is 5.75 Å². The Morgan fingerprint density at radius 1 is 1.07 bits per heavy atom. The van der Waals surface area contributed by atoms with Gasteiger partial charge >= 0.3 is 0 Å². The topological polar surface area (TPSA) is 95.9 Å². The second-order valence-electron chi connectivity index (χ2n) is 6.10. The number of hydrogen-bond acceptors (Lipinski definition) is 5. The molecule has 0 saturated heterocycles. The number of rotatable bonds is 10. The maximum absolute atomic E-state index is 11.1. The molecule has 0 aliphatic carbocycles. The zero-order valence-corrected chi connectivity index (χ0v) is 16.0. The molecule has 0 aromatic heterocycles. The fourth-order valence-corrected chi connectivity index (χ4v) is 2.98. The minimum absolute atomic E-state index is 0.140. The molecule has 0 atom stereocenters. The summed E-state index contributed by atoms with van der Waals surface area (Å²) < 4.78 is 36.8. The number of carbonyl (C=O) groups excluding carboxylic acids is 1. The highest BCUT2D eigenvalue weighted by molar-refractivity contribution is 7.85. The van der Waals surface area contributed by atoms with Crippen molar-refractivity contribution >= 4 is 21.7 Å². The predicted molar refractivity (Wildman–Crippen MR) is 104 cm³/mol. The van der Waals surface area contributed by atoms with Gasteiger partial charge in [0.15, 0.2) is 0 Å². The van der Waals surface area contributed by atoms with Gasteiger partial charge in [-0.2, -0.15) is 8.42 Å². The second kappa shape index (κ2) is 10.1. The summed E-state index contributed by atoms with van der Waals surface area (Å²) in [5.74, 6) is 0.184. The molecule has 0 unspecified atom stereocenters. The Morgan fingerprint density at radius 2 is 1.74 bits per heavy atom. The van der Waals surface area contributed by atoms with Gasteiger partial charge in [-0.05, 0) is 29.8 Å². The first-order chi connectivity index (χ1) is 12.8. The molecule has 2 aromatic rings. The molecule has 0 heterocycles. The van der Waals surface area contributed by atoms with Gasteiger partial charge in [-0.25, -0.2) is 0 Å². The second-order valence-corrected chi connectivity index (χ2v) is 7.67. The van der Waals surface area contributed by atoms with Gasteiger partial charge < -0.3 is 10.1 Å². The molecule has 7 nitrogen and oxygen atoms in total. The normalized spacial score (nSPS) is 11.4. The Morgan fingerprint density at radius 3 is 2.33 bits per heavy atom. The van der Waals surface area contributed by atoms with Crippen LogP contribution >= 0.6 is 0 Å². The van der Waals surface area contributed by atoms with Gasteiger partial charge in [0.1, 0.15) is 12.4 Å². The van der Waals surface area contributed by atoms with Gasteiger partial charge in [0.25, 0.3) is 10.1 Å². The Bertz CT molecular complexity index is 823. The molecule has 0 saturated carbocycles. The van der Waals surface area contributed by atoms with E-state index in [1.165, 1.54) is 6.92 Å². The minimum atomic E-state index is -4.02. The lowest BCUT2D eigenvalue weighted by molar-refractivity contribution is -0.114. The number of benzene rings is 2. The Hall–Kier alpha value is -2.42. The van der Waals surface area contributed by atoms with Crippen LogP contribution in [0.2, 0.25) is 0 Å². The lowest BCUT2D eigenvalue weighted by atomic mass is 10.2. The first-order valence-electron chi connectivity index (χ1n) is 8.54. The minimum Gasteiger partial charge on any atom is -0.492 e. The molecule has 27 heavy (non-hydrogen) atoms. The predicted octanol–water partition coefficient (Wildman–Crippen LogP) is 2.41. The highest BCUT2D eigenvalue weighted by Crippen LogP contribution is 2.15. The van der Waals surface area contributed by atoms with E-state index in [1.807, 2.05) is 35.2 Å². The van der Waals surface area contributed by atoms with Crippen molar-refractivity contribution in [3.63, 3.8) is 0 Å². The summed E-state index contributed by atoms with van der Waals surface area (Å²) in [6.07, 6.45) is 0. The molecule has 2 rings (SSSR count). The third kappa shape index (κ3) is 8.67. The van der Waals surface area contributed by atoms with E-state index in [0.717, 1.165) is 5.56 Å². The fourth-order valence-electron chi connectivity index (χ4n) is 2.49. The van der Waals surface area contributed by atoms with E-state index < -0.39 is 10.1 Å². The van der Waals surface area contributed by atoms with Crippen LogP contribution in [-0.4, -0.2) is 49.2 Å². The van der Waals surface area contributed by atoms with E-state index in [-0.39, 0.29) is 18.2 Å². The molecule has 0 aliphatic rings. The quantitative estimate of drug-likeness (QED) is 0.603. The van der Waals surface area contributed by atoms with Crippen molar-refractivity contribution in [2.45, 2.75) is 13.5 Å². The molecule has 146 valence electrons. The van der Waals surface area contributed by atoms with Crippen molar-refractivity contribution in [2.75, 3.05) is 30.8 Å². The van der Waals surface area contributed by atoms with Crippen LogP contribution < -0.4 is 10.1 Å². The van der Waals surface area contributed by atoms with E-state index >= 15 is 0 Å². The summed E-state index contributed by atoms with van der Waals surface area (Å²) in [4.78, 5) is 12.9. The van der Waals surface area contributed by atoms with E-state index in [0.29, 0.717) is 31.1 Å². The molecule has 8 heteroatoms. The summed E-state index contributed by atoms with van der Waals surface area (Å²) in [7, 11) is -4.02. The molecule has 1 amide bonds. The van der Waals surface area contributed by atoms with E-state index in [4.69, 9.17) is 9.29 Å². The zero-order valence-electron chi connectivity index (χ0n) is 15.2. The molecule has 2 N–H and O–H groups in total. The van der Waals surface area contributed by atoms with Crippen molar-refractivity contribution in [1.29, 1.82) is 0 Å². The lowest BCUT2D eigenvalue weighted by Gasteiger charge is -2.22. The van der Waals surface area contributed by atoms with Crippen LogP contribution in [0.5, 0.6) is 5.75 Å². The number of nitrogens with zero attached hydrogens (tertiary/aromatic N) is 1. The first-order valence-corrected chi connectivity index (χ1v) is 10.1. The highest BCUT2D eigenvalue weighted by atomic mass is 32.2. The smallest absolute Gasteiger partial charge is 0.266 e. The zero-order chi connectivity index (χ0) is 19.7. The summed E-state index contributed by atoms with van der Waals surface area (Å²) in [5, 5.41) is 2.68. The monoisotopic (exact) mass is 392 g/mol. The number of nitrogens with one attached hydrogen (secondary N) is 1. The lowest BCUT2D eigenvalue weighted by Crippen LogP contribution is -2.32. The molecule has 0 spiro atoms. The van der Waals surface area contributed by atoms with E-state index in [2.05, 4.69) is 5.32 Å². The van der Waals surface area contributed by atoms with E-state index in [1.54, 1.807) is 24.3 Å². The molecular formula is C19H24N2O5S. The average Bonchev–Trinajstić information content (AvgIpc) is 2.61. The Labute approximate surface area is 159 Å². The maximum Gasteiger partial charge on any atom is 0.266 e.